The molecule has 0 saturated carbocycles. The molecule has 0 amide bonds. The van der Waals surface area contributed by atoms with Crippen LogP contribution in [-0.2, 0) is 10.9 Å². The maximum atomic E-state index is 5.50. The molecule has 0 aliphatic heterocycles. The molecule has 238 valence electrons. The van der Waals surface area contributed by atoms with E-state index in [0.29, 0.717) is 0 Å². The Bertz CT molecular complexity index is 1940. The van der Waals surface area contributed by atoms with E-state index in [9.17, 15) is 0 Å². The fourth-order valence-electron chi connectivity index (χ4n) is 6.55. The van der Waals surface area contributed by atoms with E-state index in [1.807, 2.05) is 0 Å². The number of benzene rings is 6. The summed E-state index contributed by atoms with van der Waals surface area (Å²) in [6.45, 7) is 8.86. The molecule has 5 heteroatoms. The van der Waals surface area contributed by atoms with E-state index < -0.39 is 0 Å². The van der Waals surface area contributed by atoms with Crippen LogP contribution in [-0.4, -0.2) is 11.4 Å². The van der Waals surface area contributed by atoms with E-state index in [1.54, 1.807) is 0 Å². The van der Waals surface area contributed by atoms with Gasteiger partial charge in [-0.2, -0.15) is 0 Å². The third kappa shape index (κ3) is 7.14. The van der Waals surface area contributed by atoms with Gasteiger partial charge in [0.15, 0.2) is 0 Å². The van der Waals surface area contributed by atoms with Crippen molar-refractivity contribution in [1.82, 2.24) is 0 Å². The summed E-state index contributed by atoms with van der Waals surface area (Å²) in [7, 11) is 1.25. The molecule has 0 fully saturated rings. The van der Waals surface area contributed by atoms with E-state index in [0.717, 1.165) is 33.9 Å². The molecule has 0 spiro atoms. The molecule has 6 aromatic rings. The van der Waals surface area contributed by atoms with Gasteiger partial charge in [-0.3, -0.25) is 0 Å². The molecular formula is C42H36Br2N2Ni. The molecule has 0 radical (unpaired) electrons. The SMILES string of the molecule is Cc1ccc(N=C2C(=Nc3ccc(C)cc3C(C)c3ccccc3)c3cccc4cccc2c34)c(C(C)c2ccccc2)c1.[Br][Ni][Br]. The van der Waals surface area contributed by atoms with Gasteiger partial charge in [0.2, 0.25) is 0 Å². The first-order valence-electron chi connectivity index (χ1n) is 15.7. The van der Waals surface area contributed by atoms with Crippen molar-refractivity contribution in [3.8, 4) is 0 Å². The standard InChI is InChI=1S/C42H36N2.2BrH.Ni/c1-27-21-23-38(36(25-27)29(3)31-13-7-5-8-14-31)43-41-34-19-11-17-33-18-12-20-35(40(33)34)42(41)44-39-24-22-28(2)26-37(39)30(4)32-15-9-6-10-16-32;;;/h5-26,29-30H,1-4H3;2*1H;/q;;;+2/p-2. The fourth-order valence-corrected chi connectivity index (χ4v) is 6.55. The minimum atomic E-state index is 0.200. The summed E-state index contributed by atoms with van der Waals surface area (Å²) in [6, 6.07) is 47.7. The van der Waals surface area contributed by atoms with Gasteiger partial charge in [0.25, 0.3) is 0 Å². The molecule has 47 heavy (non-hydrogen) atoms. The number of aryl methyl sites for hydroxylation is 2. The van der Waals surface area contributed by atoms with Gasteiger partial charge in [0, 0.05) is 28.3 Å². The van der Waals surface area contributed by atoms with Crippen molar-refractivity contribution in [2.75, 3.05) is 0 Å². The molecule has 0 saturated heterocycles. The molecule has 2 unspecified atom stereocenters. The topological polar surface area (TPSA) is 24.7 Å². The number of nitrogens with zero attached hydrogens (tertiary/aromatic N) is 2. The molecule has 1 aliphatic rings. The molecule has 0 bridgehead atoms. The quantitative estimate of drug-likeness (QED) is 0.150. The molecule has 0 heterocycles. The molecule has 1 aliphatic carbocycles. The Kier molecular flexibility index (Phi) is 10.7. The van der Waals surface area contributed by atoms with Crippen LogP contribution in [0.3, 0.4) is 0 Å². The van der Waals surface area contributed by atoms with Gasteiger partial charge < -0.3 is 0 Å². The summed E-state index contributed by atoms with van der Waals surface area (Å²) in [5.41, 5.74) is 13.6. The average Bonchev–Trinajstić information content (AvgIpc) is 3.39. The third-order valence-electron chi connectivity index (χ3n) is 9.00. The number of hydrogen-bond acceptors (Lipinski definition) is 2. The Morgan fingerprint density at radius 3 is 1.32 bits per heavy atom. The third-order valence-corrected chi connectivity index (χ3v) is 9.00. The molecule has 2 atom stereocenters. The summed E-state index contributed by atoms with van der Waals surface area (Å²) in [5, 5.41) is 2.43. The Morgan fingerprint density at radius 2 is 0.915 bits per heavy atom. The van der Waals surface area contributed by atoms with E-state index >= 15 is 0 Å². The maximum absolute atomic E-state index is 5.50. The van der Waals surface area contributed by atoms with Gasteiger partial charge in [0.1, 0.15) is 0 Å². The summed E-state index contributed by atoms with van der Waals surface area (Å²) in [6.07, 6.45) is 0. The summed E-state index contributed by atoms with van der Waals surface area (Å²) in [5.74, 6) is 0.400. The Balaban J connectivity index is 0.00000124. The fraction of sp³-hybridized carbons (Fsp3) is 0.143. The minimum absolute atomic E-state index is 0.200. The molecule has 7 rings (SSSR count). The Hall–Kier alpha value is -3.63. The van der Waals surface area contributed by atoms with Crippen molar-refractivity contribution < 1.29 is 10.9 Å². The zero-order valence-corrected chi connectivity index (χ0v) is 31.0. The van der Waals surface area contributed by atoms with Gasteiger partial charge in [-0.15, -0.1) is 0 Å². The first kappa shape index (κ1) is 33.3. The van der Waals surface area contributed by atoms with Crippen molar-refractivity contribution in [1.29, 1.82) is 0 Å². The van der Waals surface area contributed by atoms with E-state index in [1.165, 1.54) is 55.1 Å². The van der Waals surface area contributed by atoms with Crippen molar-refractivity contribution in [3.63, 3.8) is 0 Å². The van der Waals surface area contributed by atoms with Crippen LogP contribution < -0.4 is 0 Å². The van der Waals surface area contributed by atoms with Gasteiger partial charge in [0.05, 0.1) is 22.8 Å². The van der Waals surface area contributed by atoms with Crippen LogP contribution in [0.25, 0.3) is 10.8 Å². The van der Waals surface area contributed by atoms with Crippen LogP contribution in [0.15, 0.2) is 143 Å². The molecule has 0 N–H and O–H groups in total. The van der Waals surface area contributed by atoms with Gasteiger partial charge >= 0.3 is 39.3 Å². The van der Waals surface area contributed by atoms with Crippen LogP contribution in [0, 0.1) is 13.8 Å². The molecular weight excluding hydrogens is 751 g/mol. The normalized spacial score (nSPS) is 15.1. The number of rotatable bonds is 6. The summed E-state index contributed by atoms with van der Waals surface area (Å²) in [4.78, 5) is 11.0. The summed E-state index contributed by atoms with van der Waals surface area (Å²) < 4.78 is 0. The Morgan fingerprint density at radius 1 is 0.511 bits per heavy atom. The van der Waals surface area contributed by atoms with Gasteiger partial charge in [-0.25, -0.2) is 9.98 Å². The first-order valence-corrected chi connectivity index (χ1v) is 20.6. The Labute approximate surface area is 298 Å². The molecule has 6 aromatic carbocycles. The number of halogens is 2. The molecule has 2 nitrogen and oxygen atoms in total. The van der Waals surface area contributed by atoms with Crippen molar-refractivity contribution >= 4 is 62.0 Å². The zero-order valence-electron chi connectivity index (χ0n) is 26.8. The predicted molar refractivity (Wildman–Crippen MR) is 204 cm³/mol. The van der Waals surface area contributed by atoms with Crippen molar-refractivity contribution in [2.45, 2.75) is 39.5 Å². The monoisotopic (exact) mass is 784 g/mol. The van der Waals surface area contributed by atoms with Crippen molar-refractivity contribution in [2.24, 2.45) is 9.98 Å². The van der Waals surface area contributed by atoms with Gasteiger partial charge in [-0.1, -0.05) is 146 Å². The summed E-state index contributed by atoms with van der Waals surface area (Å²) >= 11 is 6.00. The van der Waals surface area contributed by atoms with Crippen LogP contribution in [0.1, 0.15) is 70.2 Å². The van der Waals surface area contributed by atoms with Crippen LogP contribution in [0.2, 0.25) is 0 Å². The predicted octanol–water partition coefficient (Wildman–Crippen LogP) is 12.7. The second kappa shape index (κ2) is 15.1. The zero-order chi connectivity index (χ0) is 32.9. The van der Waals surface area contributed by atoms with Crippen molar-refractivity contribution in [3.05, 3.63) is 178 Å². The van der Waals surface area contributed by atoms with E-state index in [-0.39, 0.29) is 11.8 Å². The average molecular weight is 787 g/mol. The first-order chi connectivity index (χ1) is 22.9. The number of hydrogen-bond donors (Lipinski definition) is 0. The van der Waals surface area contributed by atoms with E-state index in [2.05, 4.69) is 190 Å². The number of aliphatic imine (C=N–C) groups is 2. The van der Waals surface area contributed by atoms with Crippen LogP contribution in [0.4, 0.5) is 11.4 Å². The second-order valence-electron chi connectivity index (χ2n) is 12.1. The van der Waals surface area contributed by atoms with E-state index in [4.69, 9.17) is 9.98 Å². The molecule has 0 aromatic heterocycles. The van der Waals surface area contributed by atoms with Gasteiger partial charge in [-0.05, 0) is 53.6 Å². The second-order valence-corrected chi connectivity index (χ2v) is 17.0. The van der Waals surface area contributed by atoms with Crippen LogP contribution >= 0.6 is 28.5 Å². The van der Waals surface area contributed by atoms with Crippen LogP contribution in [0.5, 0.6) is 0 Å².